The van der Waals surface area contributed by atoms with Gasteiger partial charge in [-0.2, -0.15) is 0 Å². The maximum atomic E-state index is 5.89. The van der Waals surface area contributed by atoms with E-state index in [2.05, 4.69) is 55.8 Å². The molecule has 3 heteroatoms. The number of anilines is 1. The number of hydrogen-bond donors (Lipinski definition) is 1. The van der Waals surface area contributed by atoms with Crippen LogP contribution in [0.5, 0.6) is 0 Å². The van der Waals surface area contributed by atoms with E-state index < -0.39 is 0 Å². The maximum absolute atomic E-state index is 5.89. The number of rotatable bonds is 3. The number of benzene rings is 1. The Morgan fingerprint density at radius 3 is 2.68 bits per heavy atom. The zero-order chi connectivity index (χ0) is 14.0. The number of aryl methyl sites for hydroxylation is 1. The van der Waals surface area contributed by atoms with Crippen molar-refractivity contribution in [3.05, 3.63) is 29.3 Å². The van der Waals surface area contributed by atoms with Crippen LogP contribution >= 0.6 is 0 Å². The van der Waals surface area contributed by atoms with E-state index in [1.54, 1.807) is 0 Å². The first kappa shape index (κ1) is 14.4. The van der Waals surface area contributed by atoms with Crippen molar-refractivity contribution in [3.8, 4) is 0 Å². The summed E-state index contributed by atoms with van der Waals surface area (Å²) < 4.78 is 0. The Hall–Kier alpha value is -1.06. The second kappa shape index (κ2) is 5.93. The van der Waals surface area contributed by atoms with Crippen LogP contribution in [0.2, 0.25) is 0 Å². The van der Waals surface area contributed by atoms with Gasteiger partial charge in [-0.15, -0.1) is 0 Å². The molecular weight excluding hydrogens is 234 g/mol. The Kier molecular flexibility index (Phi) is 4.48. The van der Waals surface area contributed by atoms with E-state index in [1.165, 1.54) is 16.8 Å². The van der Waals surface area contributed by atoms with Crippen molar-refractivity contribution >= 4 is 5.69 Å². The summed E-state index contributed by atoms with van der Waals surface area (Å²) in [5, 5.41) is 0. The van der Waals surface area contributed by atoms with Crippen molar-refractivity contribution in [2.45, 2.75) is 39.3 Å². The lowest BCUT2D eigenvalue weighted by atomic mass is 10.0. The van der Waals surface area contributed by atoms with Crippen LogP contribution in [0.3, 0.4) is 0 Å². The summed E-state index contributed by atoms with van der Waals surface area (Å²) in [6.45, 7) is 9.93. The van der Waals surface area contributed by atoms with Gasteiger partial charge in [0.05, 0.1) is 0 Å². The number of piperazine rings is 1. The van der Waals surface area contributed by atoms with E-state index in [0.717, 1.165) is 26.1 Å². The van der Waals surface area contributed by atoms with Gasteiger partial charge in [-0.05, 0) is 57.5 Å². The molecule has 0 saturated carbocycles. The summed E-state index contributed by atoms with van der Waals surface area (Å²) in [4.78, 5) is 4.92. The molecule has 1 aliphatic heterocycles. The minimum Gasteiger partial charge on any atom is -0.369 e. The van der Waals surface area contributed by atoms with Gasteiger partial charge in [0.15, 0.2) is 0 Å². The van der Waals surface area contributed by atoms with Crippen molar-refractivity contribution < 1.29 is 0 Å². The van der Waals surface area contributed by atoms with Crippen molar-refractivity contribution in [1.29, 1.82) is 0 Å². The topological polar surface area (TPSA) is 32.5 Å². The van der Waals surface area contributed by atoms with Crippen LogP contribution in [-0.2, 0) is 6.42 Å². The zero-order valence-electron chi connectivity index (χ0n) is 12.7. The van der Waals surface area contributed by atoms with Gasteiger partial charge in [0.1, 0.15) is 0 Å². The second-order valence-corrected chi connectivity index (χ2v) is 6.07. The fourth-order valence-corrected chi connectivity index (χ4v) is 2.74. The molecule has 0 amide bonds. The smallest absolute Gasteiger partial charge is 0.0370 e. The predicted molar refractivity (Wildman–Crippen MR) is 82.8 cm³/mol. The number of hydrogen-bond acceptors (Lipinski definition) is 3. The van der Waals surface area contributed by atoms with E-state index in [4.69, 9.17) is 5.73 Å². The van der Waals surface area contributed by atoms with Crippen molar-refractivity contribution in [2.75, 3.05) is 31.6 Å². The van der Waals surface area contributed by atoms with Crippen molar-refractivity contribution in [3.63, 3.8) is 0 Å². The molecule has 2 unspecified atom stereocenters. The van der Waals surface area contributed by atoms with Crippen LogP contribution in [-0.4, -0.2) is 43.7 Å². The van der Waals surface area contributed by atoms with E-state index in [0.29, 0.717) is 6.04 Å². The van der Waals surface area contributed by atoms with Gasteiger partial charge in [-0.25, -0.2) is 0 Å². The van der Waals surface area contributed by atoms with Crippen LogP contribution in [0.25, 0.3) is 0 Å². The van der Waals surface area contributed by atoms with Gasteiger partial charge in [-0.1, -0.05) is 6.07 Å². The molecule has 19 heavy (non-hydrogen) atoms. The molecule has 2 rings (SSSR count). The Bertz CT molecular complexity index is 428. The van der Waals surface area contributed by atoms with Crippen LogP contribution in [0.4, 0.5) is 5.69 Å². The third kappa shape index (κ3) is 3.48. The molecule has 0 radical (unpaired) electrons. The fraction of sp³-hybridized carbons (Fsp3) is 0.625. The number of nitrogens with zero attached hydrogens (tertiary/aromatic N) is 2. The molecule has 0 spiro atoms. The van der Waals surface area contributed by atoms with E-state index in [9.17, 15) is 0 Å². The molecule has 1 aliphatic rings. The molecule has 1 aromatic carbocycles. The largest absolute Gasteiger partial charge is 0.369 e. The molecule has 0 aromatic heterocycles. The quantitative estimate of drug-likeness (QED) is 0.903. The monoisotopic (exact) mass is 261 g/mol. The van der Waals surface area contributed by atoms with Gasteiger partial charge >= 0.3 is 0 Å². The summed E-state index contributed by atoms with van der Waals surface area (Å²) >= 11 is 0. The fourth-order valence-electron chi connectivity index (χ4n) is 2.74. The molecule has 1 aromatic rings. The Morgan fingerprint density at radius 1 is 1.37 bits per heavy atom. The lowest BCUT2D eigenvalue weighted by molar-refractivity contribution is 0.234. The highest BCUT2D eigenvalue weighted by Gasteiger charge is 2.20. The lowest BCUT2D eigenvalue weighted by Gasteiger charge is -2.39. The molecule has 1 saturated heterocycles. The average Bonchev–Trinajstić information content (AvgIpc) is 2.35. The molecule has 0 bridgehead atoms. The molecule has 1 heterocycles. The molecule has 106 valence electrons. The summed E-state index contributed by atoms with van der Waals surface area (Å²) in [5.41, 5.74) is 9.98. The van der Waals surface area contributed by atoms with Gasteiger partial charge in [0, 0.05) is 37.4 Å². The molecular formula is C16H27N3. The standard InChI is InChI=1S/C16H27N3/c1-12-9-16(6-5-15(12)10-13(2)17)19-8-7-18(4)14(3)11-19/h5-6,9,13-14H,7-8,10-11,17H2,1-4H3. The molecule has 2 atom stereocenters. The third-order valence-electron chi connectivity index (χ3n) is 4.19. The minimum absolute atomic E-state index is 0.230. The molecule has 3 nitrogen and oxygen atoms in total. The van der Waals surface area contributed by atoms with E-state index in [1.807, 2.05) is 0 Å². The second-order valence-electron chi connectivity index (χ2n) is 6.07. The SMILES string of the molecule is Cc1cc(N2CCN(C)C(C)C2)ccc1CC(C)N. The predicted octanol–water partition coefficient (Wildman–Crippen LogP) is 2.03. The van der Waals surface area contributed by atoms with Gasteiger partial charge in [-0.3, -0.25) is 0 Å². The van der Waals surface area contributed by atoms with Gasteiger partial charge in [0.25, 0.3) is 0 Å². The Labute approximate surface area is 117 Å². The van der Waals surface area contributed by atoms with Crippen LogP contribution in [0.15, 0.2) is 18.2 Å². The van der Waals surface area contributed by atoms with Crippen molar-refractivity contribution in [1.82, 2.24) is 4.90 Å². The van der Waals surface area contributed by atoms with Crippen LogP contribution < -0.4 is 10.6 Å². The first-order valence-corrected chi connectivity index (χ1v) is 7.27. The number of nitrogens with two attached hydrogens (primary N) is 1. The van der Waals surface area contributed by atoms with E-state index >= 15 is 0 Å². The van der Waals surface area contributed by atoms with Crippen molar-refractivity contribution in [2.24, 2.45) is 5.73 Å². The van der Waals surface area contributed by atoms with E-state index in [-0.39, 0.29) is 6.04 Å². The summed E-state index contributed by atoms with van der Waals surface area (Å²) in [5.74, 6) is 0. The Balaban J connectivity index is 2.11. The first-order chi connectivity index (χ1) is 8.97. The molecule has 0 aliphatic carbocycles. The van der Waals surface area contributed by atoms with Crippen LogP contribution in [0.1, 0.15) is 25.0 Å². The average molecular weight is 261 g/mol. The van der Waals surface area contributed by atoms with Gasteiger partial charge < -0.3 is 15.5 Å². The van der Waals surface area contributed by atoms with Gasteiger partial charge in [0.2, 0.25) is 0 Å². The zero-order valence-corrected chi connectivity index (χ0v) is 12.7. The highest BCUT2D eigenvalue weighted by molar-refractivity contribution is 5.51. The summed E-state index contributed by atoms with van der Waals surface area (Å²) in [6.07, 6.45) is 0.964. The third-order valence-corrected chi connectivity index (χ3v) is 4.19. The maximum Gasteiger partial charge on any atom is 0.0370 e. The number of likely N-dealkylation sites (N-methyl/N-ethyl adjacent to an activating group) is 1. The van der Waals surface area contributed by atoms with Crippen LogP contribution in [0, 0.1) is 6.92 Å². The first-order valence-electron chi connectivity index (χ1n) is 7.27. The Morgan fingerprint density at radius 2 is 2.11 bits per heavy atom. The molecule has 2 N–H and O–H groups in total. The normalized spacial score (nSPS) is 22.6. The summed E-state index contributed by atoms with van der Waals surface area (Å²) in [7, 11) is 2.21. The lowest BCUT2D eigenvalue weighted by Crippen LogP contribution is -2.50. The molecule has 1 fully saturated rings. The highest BCUT2D eigenvalue weighted by atomic mass is 15.3. The highest BCUT2D eigenvalue weighted by Crippen LogP contribution is 2.22. The summed E-state index contributed by atoms with van der Waals surface area (Å²) in [6, 6.07) is 7.67. The minimum atomic E-state index is 0.230.